The summed E-state index contributed by atoms with van der Waals surface area (Å²) < 4.78 is 10.7. The van der Waals surface area contributed by atoms with Gasteiger partial charge in [0.2, 0.25) is 5.91 Å². The van der Waals surface area contributed by atoms with Gasteiger partial charge in [0, 0.05) is 13.1 Å². The van der Waals surface area contributed by atoms with Gasteiger partial charge in [0.15, 0.2) is 0 Å². The molecule has 138 valence electrons. The first-order valence-corrected chi connectivity index (χ1v) is 8.65. The minimum absolute atomic E-state index is 0.121. The molecule has 0 radical (unpaired) electrons. The van der Waals surface area contributed by atoms with Gasteiger partial charge in [-0.1, -0.05) is 12.1 Å². The van der Waals surface area contributed by atoms with Crippen LogP contribution < -0.4 is 10.6 Å². The second kappa shape index (κ2) is 8.64. The number of para-hydroxylation sites is 1. The maximum absolute atomic E-state index is 12.4. The number of carbonyl (C=O) groups is 2. The molecule has 2 amide bonds. The highest BCUT2D eigenvalue weighted by molar-refractivity contribution is 6.04. The number of rotatable bonds is 6. The summed E-state index contributed by atoms with van der Waals surface area (Å²) in [5, 5.41) is 5.63. The first-order valence-electron chi connectivity index (χ1n) is 8.65. The van der Waals surface area contributed by atoms with Crippen LogP contribution in [0.4, 0.5) is 5.69 Å². The third kappa shape index (κ3) is 4.93. The number of anilines is 1. The lowest BCUT2D eigenvalue weighted by Crippen LogP contribution is -2.44. The molecule has 26 heavy (non-hydrogen) atoms. The van der Waals surface area contributed by atoms with Crippen molar-refractivity contribution in [2.75, 3.05) is 31.6 Å². The normalized spacial score (nSPS) is 17.7. The number of hydrogen-bond donors (Lipinski definition) is 2. The second-order valence-electron chi connectivity index (χ2n) is 6.27. The van der Waals surface area contributed by atoms with Crippen molar-refractivity contribution in [1.29, 1.82) is 0 Å². The number of carbonyl (C=O) groups excluding carboxylic acids is 2. The van der Waals surface area contributed by atoms with E-state index in [0.29, 0.717) is 30.2 Å². The van der Waals surface area contributed by atoms with E-state index < -0.39 is 0 Å². The Bertz CT molecular complexity index is 745. The molecule has 0 unspecified atom stereocenters. The van der Waals surface area contributed by atoms with Crippen LogP contribution in [-0.2, 0) is 16.1 Å². The number of nitrogens with zero attached hydrogens (tertiary/aromatic N) is 1. The minimum Gasteiger partial charge on any atom is -0.467 e. The maximum atomic E-state index is 12.4. The van der Waals surface area contributed by atoms with Crippen molar-refractivity contribution >= 4 is 17.5 Å². The van der Waals surface area contributed by atoms with E-state index in [1.165, 1.54) is 0 Å². The molecule has 3 rings (SSSR count). The first kappa shape index (κ1) is 18.2. The van der Waals surface area contributed by atoms with Crippen LogP contribution in [0.5, 0.6) is 0 Å². The number of morpholine rings is 1. The van der Waals surface area contributed by atoms with E-state index in [2.05, 4.69) is 10.6 Å². The molecule has 2 N–H and O–H groups in total. The number of amides is 2. The Labute approximate surface area is 152 Å². The average molecular weight is 357 g/mol. The molecule has 2 aromatic rings. The molecular weight excluding hydrogens is 334 g/mol. The first-order chi connectivity index (χ1) is 12.6. The van der Waals surface area contributed by atoms with Gasteiger partial charge in [0.25, 0.3) is 5.91 Å². The molecule has 0 saturated carbocycles. The molecule has 2 heterocycles. The van der Waals surface area contributed by atoms with Crippen LogP contribution >= 0.6 is 0 Å². The van der Waals surface area contributed by atoms with Gasteiger partial charge in [-0.05, 0) is 31.2 Å². The fraction of sp³-hybridized carbons (Fsp3) is 0.368. The molecule has 1 aromatic carbocycles. The van der Waals surface area contributed by atoms with Crippen molar-refractivity contribution in [3.63, 3.8) is 0 Å². The fourth-order valence-electron chi connectivity index (χ4n) is 2.89. The monoisotopic (exact) mass is 357 g/mol. The maximum Gasteiger partial charge on any atom is 0.253 e. The smallest absolute Gasteiger partial charge is 0.253 e. The van der Waals surface area contributed by atoms with Crippen molar-refractivity contribution in [3.8, 4) is 0 Å². The third-order valence-electron chi connectivity index (χ3n) is 4.14. The summed E-state index contributed by atoms with van der Waals surface area (Å²) in [4.78, 5) is 26.9. The molecule has 1 aliphatic rings. The van der Waals surface area contributed by atoms with Gasteiger partial charge in [-0.2, -0.15) is 0 Å². The van der Waals surface area contributed by atoms with Crippen LogP contribution in [0.3, 0.4) is 0 Å². The molecule has 0 bridgehead atoms. The zero-order valence-electron chi connectivity index (χ0n) is 14.7. The summed E-state index contributed by atoms with van der Waals surface area (Å²) in [6.07, 6.45) is 1.68. The molecule has 0 spiro atoms. The lowest BCUT2D eigenvalue weighted by Gasteiger charge is -2.30. The standard InChI is InChI=1S/C19H23N3O4/c1-14-12-22(8-10-25-14)13-18(23)21-17-7-3-2-6-16(17)19(24)20-11-15-5-4-9-26-15/h2-7,9,14H,8,10-13H2,1H3,(H,20,24)(H,21,23)/t14-/m0/s1. The SMILES string of the molecule is C[C@H]1CN(CC(=O)Nc2ccccc2C(=O)NCc2ccco2)CCO1. The lowest BCUT2D eigenvalue weighted by molar-refractivity contribution is -0.119. The van der Waals surface area contributed by atoms with E-state index in [1.54, 1.807) is 42.7 Å². The molecule has 7 nitrogen and oxygen atoms in total. The quantitative estimate of drug-likeness (QED) is 0.825. The Hall–Kier alpha value is -2.64. The lowest BCUT2D eigenvalue weighted by atomic mass is 10.1. The summed E-state index contributed by atoms with van der Waals surface area (Å²) in [6.45, 7) is 4.63. The minimum atomic E-state index is -0.266. The van der Waals surface area contributed by atoms with Gasteiger partial charge in [-0.15, -0.1) is 0 Å². The number of furan rings is 1. The van der Waals surface area contributed by atoms with Gasteiger partial charge < -0.3 is 19.8 Å². The van der Waals surface area contributed by atoms with Crippen molar-refractivity contribution in [2.24, 2.45) is 0 Å². The largest absolute Gasteiger partial charge is 0.467 e. The van der Waals surface area contributed by atoms with E-state index in [0.717, 1.165) is 13.1 Å². The number of ether oxygens (including phenoxy) is 1. The zero-order valence-corrected chi connectivity index (χ0v) is 14.7. The Morgan fingerprint density at radius 1 is 1.23 bits per heavy atom. The molecule has 7 heteroatoms. The molecular formula is C19H23N3O4. The Balaban J connectivity index is 1.59. The predicted octanol–water partition coefficient (Wildman–Crippen LogP) is 1.87. The molecule has 1 saturated heterocycles. The summed E-state index contributed by atoms with van der Waals surface area (Å²) in [7, 11) is 0. The van der Waals surface area contributed by atoms with Crippen LogP contribution in [0.15, 0.2) is 47.1 Å². The van der Waals surface area contributed by atoms with Crippen LogP contribution in [0.2, 0.25) is 0 Å². The third-order valence-corrected chi connectivity index (χ3v) is 4.14. The van der Waals surface area contributed by atoms with Crippen molar-refractivity contribution in [1.82, 2.24) is 10.2 Å². The van der Waals surface area contributed by atoms with E-state index in [1.807, 2.05) is 11.8 Å². The molecule has 0 aliphatic carbocycles. The number of benzene rings is 1. The summed E-state index contributed by atoms with van der Waals surface area (Å²) in [6, 6.07) is 10.5. The summed E-state index contributed by atoms with van der Waals surface area (Å²) >= 11 is 0. The molecule has 1 atom stereocenters. The number of hydrogen-bond acceptors (Lipinski definition) is 5. The van der Waals surface area contributed by atoms with Crippen molar-refractivity contribution in [2.45, 2.75) is 19.6 Å². The highest BCUT2D eigenvalue weighted by Gasteiger charge is 2.20. The second-order valence-corrected chi connectivity index (χ2v) is 6.27. The van der Waals surface area contributed by atoms with Crippen LogP contribution in [0.25, 0.3) is 0 Å². The zero-order chi connectivity index (χ0) is 18.4. The van der Waals surface area contributed by atoms with E-state index in [4.69, 9.17) is 9.15 Å². The van der Waals surface area contributed by atoms with E-state index in [-0.39, 0.29) is 24.5 Å². The topological polar surface area (TPSA) is 83.8 Å². The van der Waals surface area contributed by atoms with Gasteiger partial charge >= 0.3 is 0 Å². The Kier molecular flexibility index (Phi) is 6.04. The highest BCUT2D eigenvalue weighted by Crippen LogP contribution is 2.15. The van der Waals surface area contributed by atoms with Gasteiger partial charge in [-0.25, -0.2) is 0 Å². The Morgan fingerprint density at radius 2 is 2.08 bits per heavy atom. The summed E-state index contributed by atoms with van der Waals surface area (Å²) in [5.41, 5.74) is 0.915. The summed E-state index contributed by atoms with van der Waals surface area (Å²) in [5.74, 6) is 0.254. The molecule has 1 aliphatic heterocycles. The van der Waals surface area contributed by atoms with Crippen molar-refractivity contribution < 1.29 is 18.7 Å². The highest BCUT2D eigenvalue weighted by atomic mass is 16.5. The van der Waals surface area contributed by atoms with E-state index in [9.17, 15) is 9.59 Å². The molecule has 1 fully saturated rings. The van der Waals surface area contributed by atoms with Crippen LogP contribution in [0, 0.1) is 0 Å². The van der Waals surface area contributed by atoms with E-state index >= 15 is 0 Å². The van der Waals surface area contributed by atoms with Gasteiger partial charge in [-0.3, -0.25) is 14.5 Å². The van der Waals surface area contributed by atoms with Gasteiger partial charge in [0.05, 0.1) is 43.3 Å². The number of nitrogens with one attached hydrogen (secondary N) is 2. The van der Waals surface area contributed by atoms with Crippen LogP contribution in [0.1, 0.15) is 23.0 Å². The van der Waals surface area contributed by atoms with Gasteiger partial charge in [0.1, 0.15) is 5.76 Å². The Morgan fingerprint density at radius 3 is 2.85 bits per heavy atom. The average Bonchev–Trinajstić information content (AvgIpc) is 3.13. The fourth-order valence-corrected chi connectivity index (χ4v) is 2.89. The predicted molar refractivity (Wildman–Crippen MR) is 96.8 cm³/mol. The van der Waals surface area contributed by atoms with Crippen molar-refractivity contribution in [3.05, 3.63) is 54.0 Å². The molecule has 1 aromatic heterocycles. The van der Waals surface area contributed by atoms with Crippen LogP contribution in [-0.4, -0.2) is 49.1 Å².